The second-order valence-corrected chi connectivity index (χ2v) is 8.44. The Bertz CT molecular complexity index is 1150. The lowest BCUT2D eigenvalue weighted by Crippen LogP contribution is -2.30. The standard InChI is InChI=1S/C22H20N4OS/c1-15-6-9-20(28-15)22(27)26-11-3-5-19(26)21-18-8-7-17(13-25(18)14-24-21)16-4-2-10-23-12-16/h2,4,6-10,12-14,19H,3,5,11H2,1H3/t19-/m0/s1. The zero-order chi connectivity index (χ0) is 19.1. The van der Waals surface area contributed by atoms with Gasteiger partial charge in [0.05, 0.1) is 28.5 Å². The van der Waals surface area contributed by atoms with E-state index in [1.54, 1.807) is 17.5 Å². The Labute approximate surface area is 167 Å². The molecule has 1 aliphatic heterocycles. The molecule has 0 saturated carbocycles. The number of imidazole rings is 1. The van der Waals surface area contributed by atoms with E-state index < -0.39 is 0 Å². The van der Waals surface area contributed by atoms with E-state index in [1.165, 1.54) is 0 Å². The molecule has 1 fully saturated rings. The summed E-state index contributed by atoms with van der Waals surface area (Å²) in [6, 6.07) is 12.2. The van der Waals surface area contributed by atoms with Gasteiger partial charge in [0.25, 0.3) is 5.91 Å². The van der Waals surface area contributed by atoms with E-state index in [1.807, 2.05) is 53.0 Å². The van der Waals surface area contributed by atoms with E-state index in [2.05, 4.69) is 23.3 Å². The highest BCUT2D eigenvalue weighted by Gasteiger charge is 2.33. The van der Waals surface area contributed by atoms with E-state index in [0.717, 1.165) is 51.5 Å². The molecule has 5 nitrogen and oxygen atoms in total. The van der Waals surface area contributed by atoms with Crippen molar-refractivity contribution >= 4 is 22.8 Å². The van der Waals surface area contributed by atoms with Crippen LogP contribution >= 0.6 is 11.3 Å². The van der Waals surface area contributed by atoms with Crippen LogP contribution in [-0.4, -0.2) is 31.7 Å². The van der Waals surface area contributed by atoms with E-state index in [-0.39, 0.29) is 11.9 Å². The molecule has 1 amide bonds. The molecule has 0 spiro atoms. The van der Waals surface area contributed by atoms with Gasteiger partial charge in [0.15, 0.2) is 0 Å². The van der Waals surface area contributed by atoms with Crippen molar-refractivity contribution in [3.63, 3.8) is 0 Å². The normalized spacial score (nSPS) is 16.8. The molecule has 6 heteroatoms. The van der Waals surface area contributed by atoms with Gasteiger partial charge in [0.1, 0.15) is 0 Å². The first-order valence-electron chi connectivity index (χ1n) is 9.45. The van der Waals surface area contributed by atoms with Gasteiger partial charge in [-0.3, -0.25) is 9.78 Å². The minimum absolute atomic E-state index is 0.0316. The number of carbonyl (C=O) groups is 1. The summed E-state index contributed by atoms with van der Waals surface area (Å²) in [5.74, 6) is 0.119. The van der Waals surface area contributed by atoms with Crippen molar-refractivity contribution in [2.45, 2.75) is 25.8 Å². The molecule has 1 atom stereocenters. The predicted molar refractivity (Wildman–Crippen MR) is 110 cm³/mol. The molecule has 0 aromatic carbocycles. The van der Waals surface area contributed by atoms with Crippen molar-refractivity contribution in [1.29, 1.82) is 0 Å². The quantitative estimate of drug-likeness (QED) is 0.509. The number of likely N-dealkylation sites (tertiary alicyclic amines) is 1. The Morgan fingerprint density at radius 2 is 2.11 bits per heavy atom. The maximum absolute atomic E-state index is 13.0. The van der Waals surface area contributed by atoms with Crippen molar-refractivity contribution in [2.24, 2.45) is 0 Å². The van der Waals surface area contributed by atoms with Gasteiger partial charge in [-0.2, -0.15) is 0 Å². The van der Waals surface area contributed by atoms with Gasteiger partial charge in [-0.05, 0) is 49.6 Å². The number of pyridine rings is 2. The predicted octanol–water partition coefficient (Wildman–Crippen LogP) is 4.74. The highest BCUT2D eigenvalue weighted by Crippen LogP contribution is 2.35. The summed E-state index contributed by atoms with van der Waals surface area (Å²) in [5, 5.41) is 0. The summed E-state index contributed by atoms with van der Waals surface area (Å²) < 4.78 is 2.05. The third-order valence-corrected chi connectivity index (χ3v) is 6.32. The van der Waals surface area contributed by atoms with Crippen LogP contribution in [0.4, 0.5) is 0 Å². The molecular weight excluding hydrogens is 368 g/mol. The number of thiophene rings is 1. The molecule has 5 rings (SSSR count). The van der Waals surface area contributed by atoms with E-state index in [0.29, 0.717) is 0 Å². The van der Waals surface area contributed by atoms with Gasteiger partial charge in [0, 0.05) is 35.6 Å². The molecule has 1 saturated heterocycles. The van der Waals surface area contributed by atoms with Crippen LogP contribution < -0.4 is 0 Å². The lowest BCUT2D eigenvalue weighted by Gasteiger charge is -2.23. The first kappa shape index (κ1) is 17.1. The number of fused-ring (bicyclic) bond motifs is 1. The molecule has 0 bridgehead atoms. The van der Waals surface area contributed by atoms with Gasteiger partial charge in [-0.25, -0.2) is 4.98 Å². The fourth-order valence-corrected chi connectivity index (χ4v) is 4.79. The van der Waals surface area contributed by atoms with Crippen LogP contribution in [0.1, 0.15) is 39.1 Å². The van der Waals surface area contributed by atoms with Crippen molar-refractivity contribution in [3.05, 3.63) is 76.8 Å². The van der Waals surface area contributed by atoms with E-state index >= 15 is 0 Å². The summed E-state index contributed by atoms with van der Waals surface area (Å²) in [4.78, 5) is 25.9. The minimum Gasteiger partial charge on any atom is -0.329 e. The zero-order valence-corrected chi connectivity index (χ0v) is 16.4. The Morgan fingerprint density at radius 1 is 1.18 bits per heavy atom. The minimum atomic E-state index is 0.0316. The van der Waals surface area contributed by atoms with Crippen LogP contribution in [0.5, 0.6) is 0 Å². The fourth-order valence-electron chi connectivity index (χ4n) is 3.97. The van der Waals surface area contributed by atoms with Gasteiger partial charge in [-0.1, -0.05) is 12.1 Å². The average Bonchev–Trinajstić information content (AvgIpc) is 3.46. The van der Waals surface area contributed by atoms with Crippen molar-refractivity contribution < 1.29 is 4.79 Å². The van der Waals surface area contributed by atoms with Gasteiger partial charge >= 0.3 is 0 Å². The van der Waals surface area contributed by atoms with Crippen LogP contribution in [0.15, 0.2) is 61.3 Å². The summed E-state index contributed by atoms with van der Waals surface area (Å²) in [5.41, 5.74) is 4.21. The molecule has 140 valence electrons. The maximum Gasteiger partial charge on any atom is 0.264 e. The van der Waals surface area contributed by atoms with Gasteiger partial charge in [-0.15, -0.1) is 11.3 Å². The first-order chi connectivity index (χ1) is 13.7. The molecule has 0 aliphatic carbocycles. The molecule has 0 unspecified atom stereocenters. The lowest BCUT2D eigenvalue weighted by atomic mass is 10.1. The maximum atomic E-state index is 13.0. The molecule has 28 heavy (non-hydrogen) atoms. The Kier molecular flexibility index (Phi) is 4.20. The number of amides is 1. The molecule has 4 aromatic heterocycles. The third kappa shape index (κ3) is 2.90. The number of aromatic nitrogens is 3. The molecular formula is C22H20N4OS. The number of aryl methyl sites for hydroxylation is 1. The van der Waals surface area contributed by atoms with E-state index in [9.17, 15) is 4.79 Å². The number of rotatable bonds is 3. The smallest absolute Gasteiger partial charge is 0.264 e. The zero-order valence-electron chi connectivity index (χ0n) is 15.6. The second-order valence-electron chi connectivity index (χ2n) is 7.15. The highest BCUT2D eigenvalue weighted by molar-refractivity contribution is 7.13. The van der Waals surface area contributed by atoms with Gasteiger partial charge < -0.3 is 9.30 Å². The molecule has 5 heterocycles. The van der Waals surface area contributed by atoms with Crippen molar-refractivity contribution in [3.8, 4) is 11.1 Å². The average molecular weight is 388 g/mol. The van der Waals surface area contributed by atoms with Crippen LogP contribution in [0.2, 0.25) is 0 Å². The Morgan fingerprint density at radius 3 is 2.89 bits per heavy atom. The Hall–Kier alpha value is -2.99. The highest BCUT2D eigenvalue weighted by atomic mass is 32.1. The summed E-state index contributed by atoms with van der Waals surface area (Å²) >= 11 is 1.56. The van der Waals surface area contributed by atoms with Crippen LogP contribution in [-0.2, 0) is 0 Å². The fraction of sp³-hybridized carbons (Fsp3) is 0.227. The van der Waals surface area contributed by atoms with Crippen LogP contribution in [0.3, 0.4) is 0 Å². The third-order valence-electron chi connectivity index (χ3n) is 5.34. The Balaban J connectivity index is 1.49. The molecule has 0 radical (unpaired) electrons. The summed E-state index contributed by atoms with van der Waals surface area (Å²) in [6.45, 7) is 2.82. The van der Waals surface area contributed by atoms with Crippen LogP contribution in [0.25, 0.3) is 16.6 Å². The van der Waals surface area contributed by atoms with E-state index in [4.69, 9.17) is 4.98 Å². The monoisotopic (exact) mass is 388 g/mol. The number of carbonyl (C=O) groups excluding carboxylic acids is 1. The topological polar surface area (TPSA) is 50.5 Å². The molecule has 1 aliphatic rings. The number of nitrogens with zero attached hydrogens (tertiary/aromatic N) is 4. The molecule has 0 N–H and O–H groups in total. The van der Waals surface area contributed by atoms with Crippen molar-refractivity contribution in [2.75, 3.05) is 6.54 Å². The van der Waals surface area contributed by atoms with Crippen molar-refractivity contribution in [1.82, 2.24) is 19.3 Å². The summed E-state index contributed by atoms with van der Waals surface area (Å²) in [7, 11) is 0. The largest absolute Gasteiger partial charge is 0.329 e. The van der Waals surface area contributed by atoms with Crippen LogP contribution in [0, 0.1) is 6.92 Å². The SMILES string of the molecule is Cc1ccc(C(=O)N2CCC[C@H]2c2ncn3cc(-c4cccnc4)ccc23)s1. The lowest BCUT2D eigenvalue weighted by molar-refractivity contribution is 0.0739. The number of hydrogen-bond acceptors (Lipinski definition) is 4. The second kappa shape index (κ2) is 6.87. The summed E-state index contributed by atoms with van der Waals surface area (Å²) in [6.07, 6.45) is 9.52. The van der Waals surface area contributed by atoms with Gasteiger partial charge in [0.2, 0.25) is 0 Å². The number of hydrogen-bond donors (Lipinski definition) is 0. The molecule has 4 aromatic rings. The first-order valence-corrected chi connectivity index (χ1v) is 10.3.